The first kappa shape index (κ1) is 18.1. The van der Waals surface area contributed by atoms with Crippen LogP contribution in [0.5, 0.6) is 0 Å². The summed E-state index contributed by atoms with van der Waals surface area (Å²) in [5, 5.41) is 8.43. The molecule has 7 nitrogen and oxygen atoms in total. The van der Waals surface area contributed by atoms with Gasteiger partial charge in [0.15, 0.2) is 12.1 Å². The molecule has 0 aliphatic carbocycles. The minimum atomic E-state index is -0.509. The van der Waals surface area contributed by atoms with E-state index in [0.29, 0.717) is 16.9 Å². The van der Waals surface area contributed by atoms with Crippen LogP contribution < -0.4 is 11.1 Å². The van der Waals surface area contributed by atoms with Crippen molar-refractivity contribution < 1.29 is 0 Å². The van der Waals surface area contributed by atoms with Crippen LogP contribution >= 0.6 is 11.6 Å². The molecule has 28 heavy (non-hydrogen) atoms. The molecule has 0 amide bonds. The van der Waals surface area contributed by atoms with Crippen molar-refractivity contribution in [2.75, 3.05) is 14.1 Å². The molecule has 142 valence electrons. The molecule has 1 aliphatic rings. The lowest BCUT2D eigenvalue weighted by Gasteiger charge is -2.23. The second kappa shape index (κ2) is 7.36. The predicted octanol–water partition coefficient (Wildman–Crippen LogP) is 3.03. The second-order valence-corrected chi connectivity index (χ2v) is 7.02. The lowest BCUT2D eigenvalue weighted by molar-refractivity contribution is 0.579. The Balaban J connectivity index is 1.88. The molecule has 0 saturated carbocycles. The molecular formula is C20H20ClN7. The lowest BCUT2D eigenvalue weighted by atomic mass is 10.1. The molecule has 1 aliphatic heterocycles. The highest BCUT2D eigenvalue weighted by Gasteiger charge is 2.24. The molecule has 1 atom stereocenters. The van der Waals surface area contributed by atoms with Crippen LogP contribution in [0.2, 0.25) is 5.02 Å². The number of para-hydroxylation sites is 1. The van der Waals surface area contributed by atoms with Crippen LogP contribution in [-0.4, -0.2) is 40.7 Å². The number of nitrogens with two attached hydrogens (primary N) is 1. The van der Waals surface area contributed by atoms with Crippen molar-refractivity contribution in [2.24, 2.45) is 15.7 Å². The zero-order valence-corrected chi connectivity index (χ0v) is 16.3. The first-order chi connectivity index (χ1) is 13.5. The van der Waals surface area contributed by atoms with Crippen molar-refractivity contribution in [1.29, 1.82) is 0 Å². The molecule has 0 bridgehead atoms. The molecular weight excluding hydrogens is 374 g/mol. The predicted molar refractivity (Wildman–Crippen MR) is 113 cm³/mol. The molecule has 3 N–H and O–H groups in total. The van der Waals surface area contributed by atoms with E-state index in [-0.39, 0.29) is 0 Å². The number of aromatic nitrogens is 2. The van der Waals surface area contributed by atoms with Crippen LogP contribution in [0.15, 0.2) is 70.8 Å². The normalized spacial score (nSPS) is 16.2. The van der Waals surface area contributed by atoms with Crippen LogP contribution in [0.3, 0.4) is 0 Å². The Morgan fingerprint density at radius 3 is 2.57 bits per heavy atom. The van der Waals surface area contributed by atoms with Crippen molar-refractivity contribution >= 4 is 23.5 Å². The molecule has 8 heteroatoms. The maximum atomic E-state index is 6.22. The summed E-state index contributed by atoms with van der Waals surface area (Å²) < 4.78 is 1.82. The first-order valence-electron chi connectivity index (χ1n) is 8.77. The molecule has 4 rings (SSSR count). The van der Waals surface area contributed by atoms with E-state index >= 15 is 0 Å². The van der Waals surface area contributed by atoms with Crippen LogP contribution in [-0.2, 0) is 0 Å². The third-order valence-electron chi connectivity index (χ3n) is 4.31. The van der Waals surface area contributed by atoms with Crippen molar-refractivity contribution in [3.63, 3.8) is 0 Å². The van der Waals surface area contributed by atoms with Crippen LogP contribution in [0.1, 0.15) is 11.7 Å². The standard InChI is InChI=1S/C20H20ClN7/c1-27(2)20-24-18(23-19(22)25-20)16-12-28(15-9-4-3-5-10-15)26-17(16)13-7-6-8-14(21)11-13/h3-12,18H,1-2H3,(H3,22,23,24,25). The van der Waals surface area contributed by atoms with Gasteiger partial charge in [-0.05, 0) is 24.3 Å². The van der Waals surface area contributed by atoms with Gasteiger partial charge in [-0.15, -0.1) is 0 Å². The largest absolute Gasteiger partial charge is 0.370 e. The molecule has 2 aromatic carbocycles. The fourth-order valence-electron chi connectivity index (χ4n) is 2.97. The van der Waals surface area contributed by atoms with E-state index < -0.39 is 6.17 Å². The molecule has 2 heterocycles. The summed E-state index contributed by atoms with van der Waals surface area (Å²) in [6, 6.07) is 17.5. The van der Waals surface area contributed by atoms with Crippen molar-refractivity contribution in [3.05, 3.63) is 71.4 Å². The summed E-state index contributed by atoms with van der Waals surface area (Å²) in [6.07, 6.45) is 1.43. The zero-order valence-electron chi connectivity index (χ0n) is 15.5. The minimum Gasteiger partial charge on any atom is -0.370 e. The van der Waals surface area contributed by atoms with Gasteiger partial charge < -0.3 is 10.6 Å². The SMILES string of the molecule is CN(C)C1=NC(c2cn(-c3ccccc3)nc2-c2cccc(Cl)c2)N=C(N)N1. The van der Waals surface area contributed by atoms with Gasteiger partial charge in [-0.2, -0.15) is 5.10 Å². The molecule has 0 saturated heterocycles. The average Bonchev–Trinajstić information content (AvgIpc) is 3.14. The summed E-state index contributed by atoms with van der Waals surface area (Å²) in [5.74, 6) is 0.954. The van der Waals surface area contributed by atoms with E-state index in [0.717, 1.165) is 22.5 Å². The fraction of sp³-hybridized carbons (Fsp3) is 0.150. The van der Waals surface area contributed by atoms with Crippen LogP contribution in [0.4, 0.5) is 0 Å². The van der Waals surface area contributed by atoms with Crippen molar-refractivity contribution in [2.45, 2.75) is 6.17 Å². The van der Waals surface area contributed by atoms with E-state index in [1.54, 1.807) is 0 Å². The maximum absolute atomic E-state index is 6.22. The lowest BCUT2D eigenvalue weighted by Crippen LogP contribution is -2.46. The summed E-state index contributed by atoms with van der Waals surface area (Å²) in [5.41, 5.74) is 9.45. The van der Waals surface area contributed by atoms with E-state index in [1.165, 1.54) is 0 Å². The Bertz CT molecular complexity index is 1050. The Labute approximate surface area is 168 Å². The van der Waals surface area contributed by atoms with Gasteiger partial charge in [0.05, 0.1) is 5.69 Å². The number of hydrogen-bond acceptors (Lipinski definition) is 6. The Kier molecular flexibility index (Phi) is 4.75. The van der Waals surface area contributed by atoms with Crippen LogP contribution in [0.25, 0.3) is 16.9 Å². The number of guanidine groups is 2. The number of halogens is 1. The number of nitrogens with one attached hydrogen (secondary N) is 1. The van der Waals surface area contributed by atoms with Gasteiger partial charge in [-0.1, -0.05) is 41.9 Å². The zero-order chi connectivity index (χ0) is 19.7. The first-order valence-corrected chi connectivity index (χ1v) is 9.15. The molecule has 0 fully saturated rings. The summed E-state index contributed by atoms with van der Waals surface area (Å²) >= 11 is 6.22. The fourth-order valence-corrected chi connectivity index (χ4v) is 3.16. The third-order valence-corrected chi connectivity index (χ3v) is 4.54. The van der Waals surface area contributed by atoms with Gasteiger partial charge in [0.25, 0.3) is 0 Å². The van der Waals surface area contributed by atoms with E-state index in [4.69, 9.17) is 27.4 Å². The van der Waals surface area contributed by atoms with Gasteiger partial charge >= 0.3 is 0 Å². The topological polar surface area (TPSA) is 83.8 Å². The number of nitrogens with zero attached hydrogens (tertiary/aromatic N) is 5. The number of benzene rings is 2. The Morgan fingerprint density at radius 1 is 1.07 bits per heavy atom. The molecule has 0 spiro atoms. The van der Waals surface area contributed by atoms with E-state index in [2.05, 4.69) is 10.3 Å². The quantitative estimate of drug-likeness (QED) is 0.716. The van der Waals surface area contributed by atoms with Gasteiger partial charge in [0.2, 0.25) is 5.96 Å². The van der Waals surface area contributed by atoms with E-state index in [9.17, 15) is 0 Å². The summed E-state index contributed by atoms with van der Waals surface area (Å²) in [6.45, 7) is 0. The highest BCUT2D eigenvalue weighted by molar-refractivity contribution is 6.30. The van der Waals surface area contributed by atoms with Crippen molar-refractivity contribution in [1.82, 2.24) is 20.0 Å². The molecule has 3 aromatic rings. The molecule has 0 radical (unpaired) electrons. The van der Waals surface area contributed by atoms with Crippen LogP contribution in [0, 0.1) is 0 Å². The Morgan fingerprint density at radius 2 is 1.86 bits per heavy atom. The van der Waals surface area contributed by atoms with Crippen molar-refractivity contribution in [3.8, 4) is 16.9 Å². The van der Waals surface area contributed by atoms with Gasteiger partial charge in [-0.3, -0.25) is 5.32 Å². The third kappa shape index (κ3) is 3.57. The average molecular weight is 394 g/mol. The number of aliphatic imine (C=N–C) groups is 2. The monoisotopic (exact) mass is 393 g/mol. The summed E-state index contributed by atoms with van der Waals surface area (Å²) in [4.78, 5) is 11.0. The summed E-state index contributed by atoms with van der Waals surface area (Å²) in [7, 11) is 3.79. The molecule has 1 aromatic heterocycles. The van der Waals surface area contributed by atoms with Gasteiger partial charge in [-0.25, -0.2) is 14.7 Å². The Hall–Kier alpha value is -3.32. The maximum Gasteiger partial charge on any atom is 0.202 e. The second-order valence-electron chi connectivity index (χ2n) is 6.58. The van der Waals surface area contributed by atoms with Gasteiger partial charge in [0, 0.05) is 36.4 Å². The highest BCUT2D eigenvalue weighted by atomic mass is 35.5. The number of rotatable bonds is 3. The number of hydrogen-bond donors (Lipinski definition) is 2. The van der Waals surface area contributed by atoms with Gasteiger partial charge in [0.1, 0.15) is 5.69 Å². The molecule has 1 unspecified atom stereocenters. The minimum absolute atomic E-state index is 0.313. The highest BCUT2D eigenvalue weighted by Crippen LogP contribution is 2.33. The smallest absolute Gasteiger partial charge is 0.202 e. The van der Waals surface area contributed by atoms with E-state index in [1.807, 2.05) is 84.5 Å².